The van der Waals surface area contributed by atoms with Gasteiger partial charge in [-0.05, 0) is 30.7 Å². The number of fused-ring (bicyclic) bond motifs is 4. The van der Waals surface area contributed by atoms with E-state index in [1.807, 2.05) is 0 Å². The molecule has 0 radical (unpaired) electrons. The third-order valence-corrected chi connectivity index (χ3v) is 5.50. The zero-order valence-electron chi connectivity index (χ0n) is 15.6. The van der Waals surface area contributed by atoms with Gasteiger partial charge < -0.3 is 10.2 Å². The van der Waals surface area contributed by atoms with Crippen molar-refractivity contribution in [2.45, 2.75) is 30.8 Å². The van der Waals surface area contributed by atoms with Crippen LogP contribution in [0.4, 0.5) is 35.3 Å². The Labute approximate surface area is 169 Å². The van der Waals surface area contributed by atoms with Gasteiger partial charge in [0.15, 0.2) is 5.82 Å². The summed E-state index contributed by atoms with van der Waals surface area (Å²) >= 11 is 0. The number of rotatable bonds is 3. The van der Waals surface area contributed by atoms with E-state index in [0.717, 1.165) is 12.7 Å². The van der Waals surface area contributed by atoms with Crippen molar-refractivity contribution in [3.63, 3.8) is 0 Å². The average molecular weight is 418 g/mol. The van der Waals surface area contributed by atoms with Crippen LogP contribution in [0.1, 0.15) is 23.3 Å². The molecule has 1 aliphatic carbocycles. The van der Waals surface area contributed by atoms with Gasteiger partial charge in [0.25, 0.3) is 11.8 Å². The minimum Gasteiger partial charge on any atom is -0.366 e. The van der Waals surface area contributed by atoms with Gasteiger partial charge in [0.1, 0.15) is 17.3 Å². The Hall–Kier alpha value is -3.37. The number of amides is 3. The topological polar surface area (TPSA) is 90.5 Å². The first-order valence-electron chi connectivity index (χ1n) is 9.48. The van der Waals surface area contributed by atoms with Crippen LogP contribution in [0, 0.1) is 5.82 Å². The van der Waals surface area contributed by atoms with Crippen molar-refractivity contribution in [3.8, 4) is 0 Å². The molecule has 8 nitrogen and oxygen atoms in total. The molecule has 1 saturated carbocycles. The zero-order chi connectivity index (χ0) is 21.0. The van der Waals surface area contributed by atoms with Crippen LogP contribution >= 0.6 is 0 Å². The molecule has 2 bridgehead atoms. The Morgan fingerprint density at radius 1 is 1.20 bits per heavy atom. The van der Waals surface area contributed by atoms with Crippen LogP contribution in [-0.2, 0) is 0 Å². The highest BCUT2D eigenvalue weighted by Gasteiger charge is 2.58. The molecule has 156 valence electrons. The Morgan fingerprint density at radius 2 is 2.00 bits per heavy atom. The molecule has 3 amide bonds. The van der Waals surface area contributed by atoms with Gasteiger partial charge in [-0.2, -0.15) is 0 Å². The normalized spacial score (nSPS) is 23.0. The fourth-order valence-electron chi connectivity index (χ4n) is 3.82. The Kier molecular flexibility index (Phi) is 4.09. The summed E-state index contributed by atoms with van der Waals surface area (Å²) in [4.78, 5) is 37.0. The number of pyridine rings is 2. The number of nitrogens with zero attached hydrogens (tertiary/aromatic N) is 4. The maximum absolute atomic E-state index is 13.1. The van der Waals surface area contributed by atoms with Gasteiger partial charge >= 0.3 is 6.03 Å². The average Bonchev–Trinajstić information content (AvgIpc) is 3.11. The summed E-state index contributed by atoms with van der Waals surface area (Å²) in [5, 5.41) is 4.88. The van der Waals surface area contributed by atoms with E-state index in [-0.39, 0.29) is 23.4 Å². The van der Waals surface area contributed by atoms with Crippen LogP contribution in [-0.4, -0.2) is 53.0 Å². The number of carbonyl (C=O) groups is 2. The number of carbonyl (C=O) groups excluding carboxylic acids is 2. The van der Waals surface area contributed by atoms with Crippen molar-refractivity contribution in [1.29, 1.82) is 0 Å². The molecule has 2 aromatic heterocycles. The van der Waals surface area contributed by atoms with Crippen LogP contribution in [0.25, 0.3) is 0 Å². The second-order valence-corrected chi connectivity index (χ2v) is 7.58. The first-order chi connectivity index (χ1) is 14.3. The summed E-state index contributed by atoms with van der Waals surface area (Å²) in [5.41, 5.74) is 0.635. The maximum atomic E-state index is 13.1. The largest absolute Gasteiger partial charge is 0.366 e. The molecule has 4 heterocycles. The van der Waals surface area contributed by atoms with Crippen LogP contribution in [0.15, 0.2) is 30.5 Å². The van der Waals surface area contributed by atoms with E-state index in [1.165, 1.54) is 23.1 Å². The van der Waals surface area contributed by atoms with Crippen LogP contribution in [0.3, 0.4) is 0 Å². The standard InChI is InChI=1S/C19H17F3N6O2/c20-10-1-4-15(23-8-10)26-18(30)28-11-5-6-27(9-11)13-3-2-12(24-16(13)28)17(29)25-14-7-19(14,21)22/h1-4,8,11,14H,5-7,9H2,(H,25,29)(H,23,26,30)/t11-,14+/m0/s1. The van der Waals surface area contributed by atoms with Crippen LogP contribution in [0.2, 0.25) is 0 Å². The molecule has 2 aliphatic heterocycles. The number of halogens is 3. The summed E-state index contributed by atoms with van der Waals surface area (Å²) in [5.74, 6) is -3.68. The summed E-state index contributed by atoms with van der Waals surface area (Å²) in [6.45, 7) is 1.33. The summed E-state index contributed by atoms with van der Waals surface area (Å²) in [6, 6.07) is 3.78. The first kappa shape index (κ1) is 18.6. The summed E-state index contributed by atoms with van der Waals surface area (Å²) in [6.07, 6.45) is 1.31. The van der Waals surface area contributed by atoms with E-state index in [4.69, 9.17) is 0 Å². The number of anilines is 3. The van der Waals surface area contributed by atoms with Gasteiger partial charge in [0.2, 0.25) is 0 Å². The van der Waals surface area contributed by atoms with Gasteiger partial charge in [0, 0.05) is 19.5 Å². The Morgan fingerprint density at radius 3 is 2.70 bits per heavy atom. The fraction of sp³-hybridized carbons (Fsp3) is 0.368. The molecule has 0 aromatic carbocycles. The predicted molar refractivity (Wildman–Crippen MR) is 101 cm³/mol. The lowest BCUT2D eigenvalue weighted by atomic mass is 10.1. The minimum atomic E-state index is -2.89. The maximum Gasteiger partial charge on any atom is 0.329 e. The van der Waals surface area contributed by atoms with E-state index < -0.39 is 36.1 Å². The second-order valence-electron chi connectivity index (χ2n) is 7.58. The number of hydrogen-bond acceptors (Lipinski definition) is 5. The monoisotopic (exact) mass is 418 g/mol. The molecule has 2 fully saturated rings. The Bertz CT molecular complexity index is 1030. The highest BCUT2D eigenvalue weighted by molar-refractivity contribution is 6.05. The molecule has 0 unspecified atom stereocenters. The van der Waals surface area contributed by atoms with E-state index >= 15 is 0 Å². The molecule has 5 rings (SSSR count). The molecule has 2 aromatic rings. The van der Waals surface area contributed by atoms with Gasteiger partial charge in [-0.25, -0.2) is 27.9 Å². The van der Waals surface area contributed by atoms with Crippen molar-refractivity contribution >= 4 is 29.3 Å². The summed E-state index contributed by atoms with van der Waals surface area (Å²) < 4.78 is 39.3. The van der Waals surface area contributed by atoms with E-state index in [0.29, 0.717) is 18.7 Å². The quantitative estimate of drug-likeness (QED) is 0.799. The third-order valence-electron chi connectivity index (χ3n) is 5.50. The van der Waals surface area contributed by atoms with E-state index in [9.17, 15) is 22.8 Å². The van der Waals surface area contributed by atoms with Crippen LogP contribution < -0.4 is 20.4 Å². The SMILES string of the molecule is O=C(N[C@@H]1CC1(F)F)c1ccc2c(n1)N(C(=O)Nc1ccc(F)cn1)[C@H]1CCN2C1. The number of alkyl halides is 2. The second kappa shape index (κ2) is 6.57. The number of nitrogens with one attached hydrogen (secondary N) is 2. The molecule has 3 aliphatic rings. The zero-order valence-corrected chi connectivity index (χ0v) is 15.6. The van der Waals surface area contributed by atoms with Gasteiger partial charge in [-0.1, -0.05) is 0 Å². The van der Waals surface area contributed by atoms with Crippen molar-refractivity contribution in [1.82, 2.24) is 15.3 Å². The molecule has 0 spiro atoms. The van der Waals surface area contributed by atoms with Crippen LogP contribution in [0.5, 0.6) is 0 Å². The number of urea groups is 1. The lowest BCUT2D eigenvalue weighted by Gasteiger charge is -2.35. The lowest BCUT2D eigenvalue weighted by molar-refractivity contribution is 0.0845. The smallest absolute Gasteiger partial charge is 0.329 e. The highest BCUT2D eigenvalue weighted by Crippen LogP contribution is 2.42. The van der Waals surface area contributed by atoms with E-state index in [1.54, 1.807) is 6.07 Å². The molecule has 2 N–H and O–H groups in total. The fourth-order valence-corrected chi connectivity index (χ4v) is 3.82. The van der Waals surface area contributed by atoms with Gasteiger partial charge in [-0.3, -0.25) is 15.0 Å². The van der Waals surface area contributed by atoms with E-state index in [2.05, 4.69) is 25.5 Å². The molecular formula is C19H17F3N6O2. The van der Waals surface area contributed by atoms with Crippen molar-refractivity contribution < 1.29 is 22.8 Å². The summed E-state index contributed by atoms with van der Waals surface area (Å²) in [7, 11) is 0. The van der Waals surface area contributed by atoms with Crippen molar-refractivity contribution in [2.75, 3.05) is 28.2 Å². The number of aromatic nitrogens is 2. The molecular weight excluding hydrogens is 401 g/mol. The van der Waals surface area contributed by atoms with Crippen molar-refractivity contribution in [2.24, 2.45) is 0 Å². The predicted octanol–water partition coefficient (Wildman–Crippen LogP) is 2.38. The first-order valence-corrected chi connectivity index (χ1v) is 9.48. The molecule has 11 heteroatoms. The molecule has 2 atom stereocenters. The molecule has 1 saturated heterocycles. The third kappa shape index (κ3) is 3.19. The van der Waals surface area contributed by atoms with Gasteiger partial charge in [0.05, 0.1) is 24.0 Å². The Balaban J connectivity index is 1.42. The minimum absolute atomic E-state index is 0.0448. The number of hydrogen-bond donors (Lipinski definition) is 2. The van der Waals surface area contributed by atoms with Crippen molar-refractivity contribution in [3.05, 3.63) is 42.0 Å². The lowest BCUT2D eigenvalue weighted by Crippen LogP contribution is -2.48. The highest BCUT2D eigenvalue weighted by atomic mass is 19.3. The van der Waals surface area contributed by atoms with Gasteiger partial charge in [-0.15, -0.1) is 0 Å². The molecule has 30 heavy (non-hydrogen) atoms.